The van der Waals surface area contributed by atoms with Crippen LogP contribution in [-0.2, 0) is 0 Å². The maximum absolute atomic E-state index is 12.8. The van der Waals surface area contributed by atoms with Crippen LogP contribution in [0.3, 0.4) is 0 Å². The standard InChI is InChI=1S/C20H23N5O/c1-12-13(2)23-25(15-7-5-14(9-21)6-8-15)18(12)22-19(26)24-10-16-17(11-24)20(16,3)4/h5-8,16-17H,10-11H2,1-4H3,(H,22,26)/t16-,17-/m1/s1. The molecule has 2 atom stereocenters. The molecule has 1 saturated carbocycles. The molecule has 2 heterocycles. The third kappa shape index (κ3) is 2.47. The number of fused-ring (bicyclic) bond motifs is 1. The summed E-state index contributed by atoms with van der Waals surface area (Å²) in [5.74, 6) is 1.94. The third-order valence-electron chi connectivity index (χ3n) is 6.24. The average Bonchev–Trinajstić information content (AvgIpc) is 3.00. The largest absolute Gasteiger partial charge is 0.324 e. The van der Waals surface area contributed by atoms with E-state index in [1.807, 2.05) is 30.9 Å². The Labute approximate surface area is 153 Å². The van der Waals surface area contributed by atoms with E-state index in [2.05, 4.69) is 30.3 Å². The van der Waals surface area contributed by atoms with E-state index in [0.717, 1.165) is 30.0 Å². The van der Waals surface area contributed by atoms with Gasteiger partial charge in [0.2, 0.25) is 0 Å². The fourth-order valence-corrected chi connectivity index (χ4v) is 4.09. The molecule has 1 saturated heterocycles. The van der Waals surface area contributed by atoms with E-state index in [-0.39, 0.29) is 6.03 Å². The van der Waals surface area contributed by atoms with E-state index in [1.54, 1.807) is 16.8 Å². The average molecular weight is 349 g/mol. The molecule has 1 aliphatic carbocycles. The number of hydrogen-bond acceptors (Lipinski definition) is 3. The van der Waals surface area contributed by atoms with Gasteiger partial charge in [-0.2, -0.15) is 10.4 Å². The Morgan fingerprint density at radius 1 is 1.23 bits per heavy atom. The van der Waals surface area contributed by atoms with Gasteiger partial charge < -0.3 is 4.90 Å². The lowest BCUT2D eigenvalue weighted by atomic mass is 10.1. The summed E-state index contributed by atoms with van der Waals surface area (Å²) in [6.07, 6.45) is 0. The van der Waals surface area contributed by atoms with Crippen molar-refractivity contribution in [3.05, 3.63) is 41.1 Å². The van der Waals surface area contributed by atoms with Crippen LogP contribution >= 0.6 is 0 Å². The molecular weight excluding hydrogens is 326 g/mol. The Morgan fingerprint density at radius 2 is 1.85 bits per heavy atom. The van der Waals surface area contributed by atoms with Crippen LogP contribution in [0.25, 0.3) is 5.69 Å². The molecule has 6 heteroatoms. The fraction of sp³-hybridized carbons (Fsp3) is 0.450. The minimum atomic E-state index is -0.0640. The second kappa shape index (κ2) is 5.60. The first-order valence-corrected chi connectivity index (χ1v) is 8.95. The predicted molar refractivity (Wildman–Crippen MR) is 99.1 cm³/mol. The quantitative estimate of drug-likeness (QED) is 0.902. The number of urea groups is 1. The van der Waals surface area contributed by atoms with E-state index in [0.29, 0.717) is 28.6 Å². The maximum atomic E-state index is 12.8. The van der Waals surface area contributed by atoms with Crippen LogP contribution in [0.5, 0.6) is 0 Å². The smallest absolute Gasteiger partial charge is 0.323 e. The zero-order valence-electron chi connectivity index (χ0n) is 15.6. The van der Waals surface area contributed by atoms with Crippen LogP contribution < -0.4 is 5.32 Å². The van der Waals surface area contributed by atoms with Crippen LogP contribution in [-0.4, -0.2) is 33.8 Å². The van der Waals surface area contributed by atoms with E-state index in [1.165, 1.54) is 0 Å². The molecule has 1 aliphatic heterocycles. The minimum absolute atomic E-state index is 0.0640. The normalized spacial score (nSPS) is 22.7. The number of nitriles is 1. The fourth-order valence-electron chi connectivity index (χ4n) is 4.09. The maximum Gasteiger partial charge on any atom is 0.323 e. The van der Waals surface area contributed by atoms with Gasteiger partial charge in [0.05, 0.1) is 23.0 Å². The van der Waals surface area contributed by atoms with Gasteiger partial charge >= 0.3 is 6.03 Å². The highest BCUT2D eigenvalue weighted by Crippen LogP contribution is 2.61. The lowest BCUT2D eigenvalue weighted by Gasteiger charge is -2.23. The summed E-state index contributed by atoms with van der Waals surface area (Å²) in [6, 6.07) is 9.24. The van der Waals surface area contributed by atoms with Gasteiger partial charge in [-0.3, -0.25) is 5.32 Å². The predicted octanol–water partition coefficient (Wildman–Crippen LogP) is 3.48. The molecule has 4 rings (SSSR count). The van der Waals surface area contributed by atoms with Gasteiger partial charge in [-0.15, -0.1) is 0 Å². The molecule has 2 aliphatic rings. The topological polar surface area (TPSA) is 74.0 Å². The number of benzene rings is 1. The lowest BCUT2D eigenvalue weighted by Crippen LogP contribution is -2.36. The van der Waals surface area contributed by atoms with Crippen LogP contribution in [0.4, 0.5) is 10.6 Å². The number of carbonyl (C=O) groups is 1. The number of hydrogen-bond donors (Lipinski definition) is 1. The molecule has 2 aromatic rings. The Balaban J connectivity index is 1.57. The summed E-state index contributed by atoms with van der Waals surface area (Å²) in [6.45, 7) is 10.1. The molecule has 6 nitrogen and oxygen atoms in total. The summed E-state index contributed by atoms with van der Waals surface area (Å²) in [7, 11) is 0. The van der Waals surface area contributed by atoms with Crippen molar-refractivity contribution < 1.29 is 4.79 Å². The number of amides is 2. The molecule has 0 unspecified atom stereocenters. The molecule has 0 spiro atoms. The van der Waals surface area contributed by atoms with E-state index < -0.39 is 0 Å². The van der Waals surface area contributed by atoms with Crippen molar-refractivity contribution in [2.45, 2.75) is 27.7 Å². The number of aryl methyl sites for hydroxylation is 1. The van der Waals surface area contributed by atoms with Crippen LogP contribution in [0.15, 0.2) is 24.3 Å². The Morgan fingerprint density at radius 3 is 2.42 bits per heavy atom. The zero-order valence-corrected chi connectivity index (χ0v) is 15.6. The molecular formula is C20H23N5O. The van der Waals surface area contributed by atoms with Gasteiger partial charge in [0.15, 0.2) is 0 Å². The second-order valence-electron chi connectivity index (χ2n) is 8.00. The molecule has 2 fully saturated rings. The number of aromatic nitrogens is 2. The third-order valence-corrected chi connectivity index (χ3v) is 6.24. The first-order chi connectivity index (χ1) is 12.3. The SMILES string of the molecule is Cc1nn(-c2ccc(C#N)cc2)c(NC(=O)N2C[C@@H]3[C@@H](C2)C3(C)C)c1C. The summed E-state index contributed by atoms with van der Waals surface area (Å²) in [4.78, 5) is 14.7. The van der Waals surface area contributed by atoms with E-state index >= 15 is 0 Å². The highest BCUT2D eigenvalue weighted by molar-refractivity contribution is 5.90. The van der Waals surface area contributed by atoms with E-state index in [4.69, 9.17) is 5.26 Å². The summed E-state index contributed by atoms with van der Waals surface area (Å²) in [5.41, 5.74) is 3.62. The Hall–Kier alpha value is -2.81. The summed E-state index contributed by atoms with van der Waals surface area (Å²) >= 11 is 0. The first kappa shape index (κ1) is 16.6. The highest BCUT2D eigenvalue weighted by atomic mass is 16.2. The number of nitrogens with zero attached hydrogens (tertiary/aromatic N) is 4. The van der Waals surface area contributed by atoms with Crippen LogP contribution in [0.2, 0.25) is 0 Å². The zero-order chi connectivity index (χ0) is 18.6. The molecule has 0 radical (unpaired) electrons. The first-order valence-electron chi connectivity index (χ1n) is 8.95. The number of carbonyl (C=O) groups excluding carboxylic acids is 1. The monoisotopic (exact) mass is 349 g/mol. The van der Waals surface area contributed by atoms with Gasteiger partial charge in [0.25, 0.3) is 0 Å². The molecule has 1 N–H and O–H groups in total. The van der Waals surface area contributed by atoms with Crippen LogP contribution in [0, 0.1) is 42.4 Å². The van der Waals surface area contributed by atoms with Crippen molar-refractivity contribution in [1.82, 2.24) is 14.7 Å². The summed E-state index contributed by atoms with van der Waals surface area (Å²) < 4.78 is 1.74. The Bertz CT molecular complexity index is 905. The summed E-state index contributed by atoms with van der Waals surface area (Å²) in [5, 5.41) is 16.6. The van der Waals surface area contributed by atoms with Crippen molar-refractivity contribution in [3.8, 4) is 11.8 Å². The number of piperidine rings is 1. The number of likely N-dealkylation sites (tertiary alicyclic amines) is 1. The number of anilines is 1. The molecule has 0 bridgehead atoms. The van der Waals surface area contributed by atoms with Crippen molar-refractivity contribution in [3.63, 3.8) is 0 Å². The van der Waals surface area contributed by atoms with Crippen molar-refractivity contribution in [2.75, 3.05) is 18.4 Å². The molecule has 134 valence electrons. The number of nitrogens with one attached hydrogen (secondary N) is 1. The molecule has 2 amide bonds. The van der Waals surface area contributed by atoms with Crippen LogP contribution in [0.1, 0.15) is 30.7 Å². The lowest BCUT2D eigenvalue weighted by molar-refractivity contribution is 0.209. The van der Waals surface area contributed by atoms with Crippen molar-refractivity contribution in [1.29, 1.82) is 5.26 Å². The molecule has 26 heavy (non-hydrogen) atoms. The van der Waals surface area contributed by atoms with Gasteiger partial charge in [-0.1, -0.05) is 13.8 Å². The Kier molecular flexibility index (Phi) is 3.58. The molecule has 1 aromatic heterocycles. The van der Waals surface area contributed by atoms with Crippen molar-refractivity contribution >= 4 is 11.8 Å². The minimum Gasteiger partial charge on any atom is -0.324 e. The molecule has 1 aromatic carbocycles. The van der Waals surface area contributed by atoms with E-state index in [9.17, 15) is 4.79 Å². The van der Waals surface area contributed by atoms with Crippen molar-refractivity contribution in [2.24, 2.45) is 17.3 Å². The van der Waals surface area contributed by atoms with Gasteiger partial charge in [-0.05, 0) is 55.4 Å². The highest BCUT2D eigenvalue weighted by Gasteiger charge is 2.62. The van der Waals surface area contributed by atoms with Gasteiger partial charge in [0, 0.05) is 18.7 Å². The van der Waals surface area contributed by atoms with Gasteiger partial charge in [-0.25, -0.2) is 9.48 Å². The van der Waals surface area contributed by atoms with Gasteiger partial charge in [0.1, 0.15) is 5.82 Å². The number of rotatable bonds is 2. The second-order valence-corrected chi connectivity index (χ2v) is 8.00.